The van der Waals surface area contributed by atoms with Crippen LogP contribution in [0.15, 0.2) is 0 Å². The highest BCUT2D eigenvalue weighted by Gasteiger charge is 2.14. The zero-order valence-corrected chi connectivity index (χ0v) is 7.67. The lowest BCUT2D eigenvalue weighted by Gasteiger charge is -2.10. The first-order valence-corrected chi connectivity index (χ1v) is 4.27. The number of carboxylic acid groups (broad SMARTS) is 1. The van der Waals surface area contributed by atoms with E-state index in [9.17, 15) is 4.79 Å². The minimum atomic E-state index is -0.881. The molecule has 0 fully saturated rings. The molecule has 72 valence electrons. The van der Waals surface area contributed by atoms with Crippen molar-refractivity contribution in [3.8, 4) is 0 Å². The van der Waals surface area contributed by atoms with Gasteiger partial charge in [-0.25, -0.2) is 4.79 Å². The summed E-state index contributed by atoms with van der Waals surface area (Å²) in [5.41, 5.74) is 0. The second-order valence-corrected chi connectivity index (χ2v) is 2.46. The molecule has 0 aromatic carbocycles. The van der Waals surface area contributed by atoms with Gasteiger partial charge in [0.05, 0.1) is 6.61 Å². The van der Waals surface area contributed by atoms with Crippen LogP contribution in [0.3, 0.4) is 0 Å². The van der Waals surface area contributed by atoms with Gasteiger partial charge < -0.3 is 15.2 Å². The van der Waals surface area contributed by atoms with Gasteiger partial charge >= 0.3 is 5.97 Å². The summed E-state index contributed by atoms with van der Waals surface area (Å²) in [6, 6.07) is 0. The third-order valence-electron chi connectivity index (χ3n) is 1.49. The van der Waals surface area contributed by atoms with Crippen molar-refractivity contribution in [1.82, 2.24) is 5.32 Å². The van der Waals surface area contributed by atoms with Crippen LogP contribution in [0.5, 0.6) is 0 Å². The number of hydrogen-bond acceptors (Lipinski definition) is 3. The van der Waals surface area contributed by atoms with E-state index in [-0.39, 0.29) is 0 Å². The van der Waals surface area contributed by atoms with Crippen LogP contribution >= 0.6 is 0 Å². The molecular formula is C8H17NO3. The number of likely N-dealkylation sites (N-methyl/N-ethyl adjacent to an activating group) is 1. The molecule has 0 spiro atoms. The van der Waals surface area contributed by atoms with Crippen molar-refractivity contribution in [3.63, 3.8) is 0 Å². The lowest BCUT2D eigenvalue weighted by Crippen LogP contribution is -2.27. The SMILES string of the molecule is CCNCCOC(CC)C(=O)O. The summed E-state index contributed by atoms with van der Waals surface area (Å²) in [6.07, 6.45) is -0.134. The number of carboxylic acids is 1. The van der Waals surface area contributed by atoms with E-state index in [2.05, 4.69) is 5.32 Å². The largest absolute Gasteiger partial charge is 0.479 e. The maximum atomic E-state index is 10.4. The van der Waals surface area contributed by atoms with Crippen LogP contribution in [0.4, 0.5) is 0 Å². The molecular weight excluding hydrogens is 158 g/mol. The molecule has 0 aliphatic carbocycles. The normalized spacial score (nSPS) is 12.8. The van der Waals surface area contributed by atoms with Crippen molar-refractivity contribution in [3.05, 3.63) is 0 Å². The quantitative estimate of drug-likeness (QED) is 0.552. The third kappa shape index (κ3) is 5.09. The number of rotatable bonds is 7. The molecule has 1 atom stereocenters. The van der Waals surface area contributed by atoms with E-state index in [1.54, 1.807) is 6.92 Å². The van der Waals surface area contributed by atoms with Gasteiger partial charge in [-0.2, -0.15) is 0 Å². The molecule has 12 heavy (non-hydrogen) atoms. The number of hydrogen-bond donors (Lipinski definition) is 2. The van der Waals surface area contributed by atoms with Gasteiger partial charge in [0.2, 0.25) is 0 Å². The monoisotopic (exact) mass is 175 g/mol. The van der Waals surface area contributed by atoms with Crippen molar-refractivity contribution in [2.24, 2.45) is 0 Å². The highest BCUT2D eigenvalue weighted by Crippen LogP contribution is 1.96. The van der Waals surface area contributed by atoms with Crippen LogP contribution in [-0.4, -0.2) is 36.9 Å². The van der Waals surface area contributed by atoms with Crippen LogP contribution in [0, 0.1) is 0 Å². The van der Waals surface area contributed by atoms with Gasteiger partial charge in [-0.15, -0.1) is 0 Å². The Labute approximate surface area is 72.9 Å². The van der Waals surface area contributed by atoms with Crippen LogP contribution < -0.4 is 5.32 Å². The second-order valence-electron chi connectivity index (χ2n) is 2.46. The van der Waals surface area contributed by atoms with Gasteiger partial charge in [-0.3, -0.25) is 0 Å². The van der Waals surface area contributed by atoms with E-state index in [1.807, 2.05) is 6.92 Å². The molecule has 0 saturated heterocycles. The number of nitrogens with one attached hydrogen (secondary N) is 1. The summed E-state index contributed by atoms with van der Waals surface area (Å²) in [4.78, 5) is 10.4. The van der Waals surface area contributed by atoms with Gasteiger partial charge in [0.1, 0.15) is 0 Å². The summed E-state index contributed by atoms with van der Waals surface area (Å²) in [5, 5.41) is 11.6. The van der Waals surface area contributed by atoms with E-state index in [0.717, 1.165) is 6.54 Å². The predicted molar refractivity (Wildman–Crippen MR) is 46.2 cm³/mol. The molecule has 0 aliphatic rings. The second kappa shape index (κ2) is 7.06. The van der Waals surface area contributed by atoms with Gasteiger partial charge in [0.15, 0.2) is 6.10 Å². The standard InChI is InChI=1S/C8H17NO3/c1-3-7(8(10)11)12-6-5-9-4-2/h7,9H,3-6H2,1-2H3,(H,10,11). The number of carbonyl (C=O) groups is 1. The minimum absolute atomic E-state index is 0.457. The summed E-state index contributed by atoms with van der Waals surface area (Å²) in [6.45, 7) is 5.84. The molecule has 4 heteroatoms. The van der Waals surface area contributed by atoms with Crippen molar-refractivity contribution >= 4 is 5.97 Å². The zero-order chi connectivity index (χ0) is 9.40. The van der Waals surface area contributed by atoms with Gasteiger partial charge in [0, 0.05) is 6.54 Å². The van der Waals surface area contributed by atoms with Crippen molar-refractivity contribution in [2.75, 3.05) is 19.7 Å². The first-order chi connectivity index (χ1) is 5.72. The third-order valence-corrected chi connectivity index (χ3v) is 1.49. The Kier molecular flexibility index (Phi) is 6.70. The van der Waals surface area contributed by atoms with Crippen molar-refractivity contribution in [2.45, 2.75) is 26.4 Å². The molecule has 0 amide bonds. The Bertz CT molecular complexity index is 127. The number of ether oxygens (including phenoxy) is 1. The van der Waals surface area contributed by atoms with Crippen molar-refractivity contribution < 1.29 is 14.6 Å². The smallest absolute Gasteiger partial charge is 0.332 e. The highest BCUT2D eigenvalue weighted by atomic mass is 16.5. The van der Waals surface area contributed by atoms with Crippen molar-refractivity contribution in [1.29, 1.82) is 0 Å². The molecule has 0 aromatic rings. The average Bonchev–Trinajstić information content (AvgIpc) is 2.04. The molecule has 0 bridgehead atoms. The fraction of sp³-hybridized carbons (Fsp3) is 0.875. The van der Waals surface area contributed by atoms with E-state index < -0.39 is 12.1 Å². The van der Waals surface area contributed by atoms with E-state index in [4.69, 9.17) is 9.84 Å². The lowest BCUT2D eigenvalue weighted by atomic mass is 10.3. The van der Waals surface area contributed by atoms with E-state index >= 15 is 0 Å². The Hall–Kier alpha value is -0.610. The van der Waals surface area contributed by atoms with Crippen LogP contribution in [0.25, 0.3) is 0 Å². The molecule has 0 saturated carbocycles. The fourth-order valence-electron chi connectivity index (χ4n) is 0.814. The molecule has 0 aliphatic heterocycles. The van der Waals surface area contributed by atoms with Gasteiger partial charge in [-0.05, 0) is 13.0 Å². The Morgan fingerprint density at radius 3 is 2.67 bits per heavy atom. The molecule has 2 N–H and O–H groups in total. The Morgan fingerprint density at radius 2 is 2.25 bits per heavy atom. The van der Waals surface area contributed by atoms with Gasteiger partial charge in [-0.1, -0.05) is 13.8 Å². The lowest BCUT2D eigenvalue weighted by molar-refractivity contribution is -0.150. The summed E-state index contributed by atoms with van der Waals surface area (Å²) >= 11 is 0. The predicted octanol–water partition coefficient (Wildman–Crippen LogP) is 0.476. The summed E-state index contributed by atoms with van der Waals surface area (Å²) in [7, 11) is 0. The maximum absolute atomic E-state index is 10.4. The summed E-state index contributed by atoms with van der Waals surface area (Å²) in [5.74, 6) is -0.881. The van der Waals surface area contributed by atoms with Crippen LogP contribution in [0.1, 0.15) is 20.3 Å². The summed E-state index contributed by atoms with van der Waals surface area (Å²) < 4.78 is 5.09. The highest BCUT2D eigenvalue weighted by molar-refractivity contribution is 5.72. The molecule has 4 nitrogen and oxygen atoms in total. The molecule has 0 heterocycles. The Morgan fingerprint density at radius 1 is 1.58 bits per heavy atom. The molecule has 0 aromatic heterocycles. The first-order valence-electron chi connectivity index (χ1n) is 4.27. The molecule has 1 unspecified atom stereocenters. The molecule has 0 radical (unpaired) electrons. The van der Waals surface area contributed by atoms with Crippen LogP contribution in [-0.2, 0) is 9.53 Å². The number of aliphatic carboxylic acids is 1. The first kappa shape index (κ1) is 11.4. The maximum Gasteiger partial charge on any atom is 0.332 e. The Balaban J connectivity index is 3.38. The minimum Gasteiger partial charge on any atom is -0.479 e. The fourth-order valence-corrected chi connectivity index (χ4v) is 0.814. The topological polar surface area (TPSA) is 58.6 Å². The van der Waals surface area contributed by atoms with Crippen LogP contribution in [0.2, 0.25) is 0 Å². The average molecular weight is 175 g/mol. The van der Waals surface area contributed by atoms with E-state index in [0.29, 0.717) is 19.6 Å². The molecule has 0 rings (SSSR count). The van der Waals surface area contributed by atoms with Gasteiger partial charge in [0.25, 0.3) is 0 Å². The zero-order valence-electron chi connectivity index (χ0n) is 7.67. The van der Waals surface area contributed by atoms with E-state index in [1.165, 1.54) is 0 Å².